The van der Waals surface area contributed by atoms with Crippen molar-refractivity contribution in [2.24, 2.45) is 0 Å². The topological polar surface area (TPSA) is 102 Å². The molecule has 0 atom stereocenters. The molecule has 0 bridgehead atoms. The molecule has 158 valence electrons. The highest BCUT2D eigenvalue weighted by molar-refractivity contribution is 6.19. The molecule has 3 aromatic heterocycles. The molecule has 8 nitrogen and oxygen atoms in total. The summed E-state index contributed by atoms with van der Waals surface area (Å²) in [5, 5.41) is 0.936. The second-order valence-corrected chi connectivity index (χ2v) is 6.87. The van der Waals surface area contributed by atoms with Crippen molar-refractivity contribution < 1.29 is 32.2 Å². The Balaban J connectivity index is 1.98. The summed E-state index contributed by atoms with van der Waals surface area (Å²) in [6, 6.07) is 3.15. The number of halogens is 3. The minimum Gasteiger partial charge on any atom is -0.431 e. The quantitative estimate of drug-likeness (QED) is 0.463. The third-order valence-corrected chi connectivity index (χ3v) is 4.38. The molecule has 4 aromatic rings. The number of hydrogen-bond acceptors (Lipinski definition) is 6. The summed E-state index contributed by atoms with van der Waals surface area (Å²) in [6.07, 6.45) is -4.54. The number of nitrogens with one attached hydrogen (secondary N) is 2. The molecule has 3 heterocycles. The summed E-state index contributed by atoms with van der Waals surface area (Å²) in [7, 11) is 1.44. The standard InChI is InChI=1S/C19H17F3N4O4/c1-8(2)29-18(27)30-16-9(7-28-3)13-12(6-23-16)24-10-4-5-11-15(14(10)13)26-17(25-11)19(20,21)22/h4-6,8,24H,7H2,1-3H3,(H,25,26). The number of hydrogen-bond donors (Lipinski definition) is 2. The van der Waals surface area contributed by atoms with Gasteiger partial charge in [0.15, 0.2) is 0 Å². The van der Waals surface area contributed by atoms with Crippen LogP contribution in [0.5, 0.6) is 5.88 Å². The van der Waals surface area contributed by atoms with Crippen molar-refractivity contribution in [3.63, 3.8) is 0 Å². The van der Waals surface area contributed by atoms with Crippen molar-refractivity contribution >= 4 is 39.0 Å². The van der Waals surface area contributed by atoms with Crippen molar-refractivity contribution in [2.75, 3.05) is 7.11 Å². The highest BCUT2D eigenvalue weighted by atomic mass is 19.4. The molecule has 0 aliphatic rings. The van der Waals surface area contributed by atoms with Crippen LogP contribution in [0.2, 0.25) is 0 Å². The lowest BCUT2D eigenvalue weighted by Crippen LogP contribution is -2.17. The first kappa shape index (κ1) is 20.0. The molecule has 4 rings (SSSR count). The summed E-state index contributed by atoms with van der Waals surface area (Å²) in [5.74, 6) is -1.15. The molecule has 0 spiro atoms. The molecular weight excluding hydrogens is 405 g/mol. The maximum atomic E-state index is 13.2. The van der Waals surface area contributed by atoms with Gasteiger partial charge in [0.25, 0.3) is 0 Å². The first-order valence-electron chi connectivity index (χ1n) is 8.95. The van der Waals surface area contributed by atoms with E-state index in [1.54, 1.807) is 19.9 Å². The second-order valence-electron chi connectivity index (χ2n) is 6.87. The van der Waals surface area contributed by atoms with Crippen LogP contribution in [0.4, 0.5) is 18.0 Å². The summed E-state index contributed by atoms with van der Waals surface area (Å²) < 4.78 is 55.0. The summed E-state index contributed by atoms with van der Waals surface area (Å²) in [6.45, 7) is 3.33. The van der Waals surface area contributed by atoms with Crippen molar-refractivity contribution in [2.45, 2.75) is 32.7 Å². The highest BCUT2D eigenvalue weighted by Crippen LogP contribution is 2.38. The number of H-pyrrole nitrogens is 2. The summed E-state index contributed by atoms with van der Waals surface area (Å²) in [5.41, 5.74) is 1.82. The van der Waals surface area contributed by atoms with E-state index in [4.69, 9.17) is 14.2 Å². The Morgan fingerprint density at radius 3 is 2.53 bits per heavy atom. The normalized spacial score (nSPS) is 12.4. The van der Waals surface area contributed by atoms with Gasteiger partial charge in [0.05, 0.1) is 41.0 Å². The van der Waals surface area contributed by atoms with Crippen LogP contribution in [0.15, 0.2) is 18.3 Å². The van der Waals surface area contributed by atoms with Gasteiger partial charge >= 0.3 is 12.3 Å². The van der Waals surface area contributed by atoms with Gasteiger partial charge in [0.1, 0.15) is 0 Å². The molecular formula is C19H17F3N4O4. The number of methoxy groups -OCH3 is 1. The molecule has 0 amide bonds. The Kier molecular flexibility index (Phi) is 4.77. The molecule has 0 saturated carbocycles. The van der Waals surface area contributed by atoms with Gasteiger partial charge in [-0.25, -0.2) is 14.8 Å². The van der Waals surface area contributed by atoms with Crippen LogP contribution in [0, 0.1) is 0 Å². The minimum atomic E-state index is -4.62. The number of benzene rings is 1. The van der Waals surface area contributed by atoms with E-state index in [-0.39, 0.29) is 23.5 Å². The number of nitrogens with zero attached hydrogens (tertiary/aromatic N) is 2. The van der Waals surface area contributed by atoms with E-state index in [0.717, 1.165) is 0 Å². The molecule has 30 heavy (non-hydrogen) atoms. The monoisotopic (exact) mass is 422 g/mol. The summed E-state index contributed by atoms with van der Waals surface area (Å²) >= 11 is 0. The molecule has 0 unspecified atom stereocenters. The zero-order valence-corrected chi connectivity index (χ0v) is 16.2. The number of aromatic amines is 2. The Labute approximate surface area is 167 Å². The Bertz CT molecular complexity index is 1260. The second kappa shape index (κ2) is 7.17. The largest absolute Gasteiger partial charge is 0.515 e. The molecule has 0 saturated heterocycles. The lowest BCUT2D eigenvalue weighted by molar-refractivity contribution is -0.144. The molecule has 0 aliphatic heterocycles. The first-order chi connectivity index (χ1) is 14.2. The fourth-order valence-corrected chi connectivity index (χ4v) is 3.29. The maximum absolute atomic E-state index is 13.2. The van der Waals surface area contributed by atoms with E-state index in [0.29, 0.717) is 27.4 Å². The zero-order valence-electron chi connectivity index (χ0n) is 16.2. The number of imidazole rings is 1. The average molecular weight is 422 g/mol. The van der Waals surface area contributed by atoms with Gasteiger partial charge in [0.2, 0.25) is 11.7 Å². The highest BCUT2D eigenvalue weighted by Gasteiger charge is 2.35. The van der Waals surface area contributed by atoms with Crippen molar-refractivity contribution in [3.05, 3.63) is 29.7 Å². The van der Waals surface area contributed by atoms with Crippen molar-refractivity contribution in [1.29, 1.82) is 0 Å². The van der Waals surface area contributed by atoms with E-state index in [9.17, 15) is 18.0 Å². The molecule has 11 heteroatoms. The number of pyridine rings is 1. The first-order valence-corrected chi connectivity index (χ1v) is 8.95. The van der Waals surface area contributed by atoms with Crippen molar-refractivity contribution in [1.82, 2.24) is 19.9 Å². The molecule has 0 radical (unpaired) electrons. The molecule has 0 aliphatic carbocycles. The predicted octanol–water partition coefficient (Wildman–Crippen LogP) is 4.68. The third kappa shape index (κ3) is 3.41. The zero-order chi connectivity index (χ0) is 21.6. The van der Waals surface area contributed by atoms with Gasteiger partial charge in [0, 0.05) is 23.4 Å². The summed E-state index contributed by atoms with van der Waals surface area (Å²) in [4.78, 5) is 25.3. The Morgan fingerprint density at radius 1 is 1.13 bits per heavy atom. The van der Waals surface area contributed by atoms with Gasteiger partial charge in [-0.05, 0) is 26.0 Å². The Morgan fingerprint density at radius 2 is 1.87 bits per heavy atom. The van der Waals surface area contributed by atoms with Crippen LogP contribution in [0.1, 0.15) is 25.2 Å². The molecule has 2 N–H and O–H groups in total. The van der Waals surface area contributed by atoms with Crippen LogP contribution in [-0.4, -0.2) is 39.3 Å². The van der Waals surface area contributed by atoms with Gasteiger partial charge < -0.3 is 24.2 Å². The van der Waals surface area contributed by atoms with E-state index in [1.165, 1.54) is 19.4 Å². The van der Waals surface area contributed by atoms with Gasteiger partial charge in [-0.15, -0.1) is 0 Å². The number of ether oxygens (including phenoxy) is 3. The number of rotatable bonds is 4. The predicted molar refractivity (Wildman–Crippen MR) is 101 cm³/mol. The third-order valence-electron chi connectivity index (χ3n) is 4.38. The number of aromatic nitrogens is 4. The average Bonchev–Trinajstić information content (AvgIpc) is 3.23. The molecule has 0 fully saturated rings. The van der Waals surface area contributed by atoms with Crippen LogP contribution < -0.4 is 4.74 Å². The van der Waals surface area contributed by atoms with E-state index >= 15 is 0 Å². The fraction of sp³-hybridized carbons (Fsp3) is 0.316. The lowest BCUT2D eigenvalue weighted by Gasteiger charge is -2.11. The molecule has 1 aromatic carbocycles. The number of carbonyl (C=O) groups excluding carboxylic acids is 1. The maximum Gasteiger partial charge on any atom is 0.515 e. The van der Waals surface area contributed by atoms with Crippen LogP contribution in [-0.2, 0) is 22.3 Å². The van der Waals surface area contributed by atoms with Crippen LogP contribution in [0.3, 0.4) is 0 Å². The smallest absolute Gasteiger partial charge is 0.431 e. The number of fused-ring (bicyclic) bond motifs is 5. The van der Waals surface area contributed by atoms with Crippen LogP contribution in [0.25, 0.3) is 32.8 Å². The van der Waals surface area contributed by atoms with E-state index in [2.05, 4.69) is 19.9 Å². The lowest BCUT2D eigenvalue weighted by atomic mass is 10.1. The van der Waals surface area contributed by atoms with Crippen LogP contribution >= 0.6 is 0 Å². The van der Waals surface area contributed by atoms with Gasteiger partial charge in [-0.3, -0.25) is 0 Å². The van der Waals surface area contributed by atoms with E-state index < -0.39 is 24.3 Å². The Hall–Kier alpha value is -3.34. The fourth-order valence-electron chi connectivity index (χ4n) is 3.29. The van der Waals surface area contributed by atoms with Gasteiger partial charge in [-0.1, -0.05) is 0 Å². The number of carbonyl (C=O) groups is 1. The number of alkyl halides is 3. The van der Waals surface area contributed by atoms with E-state index in [1.807, 2.05) is 0 Å². The SMILES string of the molecule is COCc1c(OC(=O)OC(C)C)ncc2[nH]c3ccc4[nH]c(C(F)(F)F)nc4c3c12. The minimum absolute atomic E-state index is 0.00543. The van der Waals surface area contributed by atoms with Crippen molar-refractivity contribution in [3.8, 4) is 5.88 Å². The van der Waals surface area contributed by atoms with Gasteiger partial charge in [-0.2, -0.15) is 13.2 Å².